The fourth-order valence-corrected chi connectivity index (χ4v) is 3.55. The fourth-order valence-electron chi connectivity index (χ4n) is 3.55. The van der Waals surface area contributed by atoms with E-state index in [9.17, 15) is 19.8 Å². The van der Waals surface area contributed by atoms with Gasteiger partial charge >= 0.3 is 5.97 Å². The number of nitrogens with zero attached hydrogens (tertiary/aromatic N) is 4. The Hall–Kier alpha value is -2.48. The molecule has 1 saturated heterocycles. The van der Waals surface area contributed by atoms with Crippen molar-refractivity contribution in [3.8, 4) is 0 Å². The zero-order valence-corrected chi connectivity index (χ0v) is 15.0. The van der Waals surface area contributed by atoms with E-state index in [1.165, 1.54) is 11.2 Å². The van der Waals surface area contributed by atoms with E-state index < -0.39 is 17.5 Å². The number of carbonyl (C=O) groups excluding carboxylic acids is 1. The third-order valence-corrected chi connectivity index (χ3v) is 5.22. The van der Waals surface area contributed by atoms with Crippen molar-refractivity contribution in [2.45, 2.75) is 39.2 Å². The van der Waals surface area contributed by atoms with Crippen LogP contribution in [-0.4, -0.2) is 60.8 Å². The van der Waals surface area contributed by atoms with E-state index in [1.54, 1.807) is 22.7 Å². The molecule has 8 heteroatoms. The molecule has 0 bridgehead atoms. The molecule has 0 spiro atoms. The molecule has 2 aromatic rings. The van der Waals surface area contributed by atoms with Crippen LogP contribution in [0.4, 0.5) is 0 Å². The first-order valence-electron chi connectivity index (χ1n) is 8.84. The summed E-state index contributed by atoms with van der Waals surface area (Å²) in [5.41, 5.74) is -0.520. The van der Waals surface area contributed by atoms with Crippen LogP contribution in [0.25, 0.3) is 5.65 Å². The monoisotopic (exact) mass is 360 g/mol. The van der Waals surface area contributed by atoms with Gasteiger partial charge in [-0.2, -0.15) is 0 Å². The maximum absolute atomic E-state index is 13.0. The largest absolute Gasteiger partial charge is 0.481 e. The molecule has 8 nitrogen and oxygen atoms in total. The Bertz CT molecular complexity index is 818. The lowest BCUT2D eigenvalue weighted by atomic mass is 9.72. The molecule has 3 heterocycles. The Balaban J connectivity index is 1.90. The Labute approximate surface area is 151 Å². The van der Waals surface area contributed by atoms with Crippen LogP contribution in [0.5, 0.6) is 0 Å². The second-order valence-corrected chi connectivity index (χ2v) is 7.41. The first-order valence-corrected chi connectivity index (χ1v) is 8.84. The number of pyridine rings is 1. The van der Waals surface area contributed by atoms with E-state index in [0.717, 1.165) is 0 Å². The van der Waals surface area contributed by atoms with E-state index in [2.05, 4.69) is 10.2 Å². The SMILES string of the molecule is CC(C)CC[C@@]1(C(=O)O)CN(C(=O)c2cccn3cnnc23)CC[C@H]1O. The van der Waals surface area contributed by atoms with Gasteiger partial charge in [-0.1, -0.05) is 13.8 Å². The van der Waals surface area contributed by atoms with Gasteiger partial charge in [-0.25, -0.2) is 0 Å². The number of piperidine rings is 1. The smallest absolute Gasteiger partial charge is 0.314 e. The van der Waals surface area contributed by atoms with Gasteiger partial charge in [0.05, 0.1) is 11.7 Å². The summed E-state index contributed by atoms with van der Waals surface area (Å²) in [5.74, 6) is -1.02. The van der Waals surface area contributed by atoms with Gasteiger partial charge in [0.15, 0.2) is 5.65 Å². The zero-order valence-electron chi connectivity index (χ0n) is 15.0. The maximum atomic E-state index is 13.0. The molecule has 0 unspecified atom stereocenters. The van der Waals surface area contributed by atoms with Crippen molar-refractivity contribution in [3.05, 3.63) is 30.2 Å². The lowest BCUT2D eigenvalue weighted by Gasteiger charge is -2.43. The van der Waals surface area contributed by atoms with Crippen LogP contribution in [0.15, 0.2) is 24.7 Å². The quantitative estimate of drug-likeness (QED) is 0.835. The summed E-state index contributed by atoms with van der Waals surface area (Å²) in [7, 11) is 0. The first kappa shape index (κ1) is 18.3. The number of amides is 1. The van der Waals surface area contributed by atoms with Gasteiger partial charge in [0, 0.05) is 19.3 Å². The Morgan fingerprint density at radius 1 is 1.42 bits per heavy atom. The number of aliphatic hydroxyl groups excluding tert-OH is 1. The minimum absolute atomic E-state index is 0.00968. The van der Waals surface area contributed by atoms with E-state index in [4.69, 9.17) is 0 Å². The summed E-state index contributed by atoms with van der Waals surface area (Å²) in [6.45, 7) is 4.33. The van der Waals surface area contributed by atoms with Crippen LogP contribution in [-0.2, 0) is 4.79 Å². The molecule has 140 valence electrons. The topological polar surface area (TPSA) is 108 Å². The molecule has 0 saturated carbocycles. The molecule has 2 N–H and O–H groups in total. The molecule has 3 rings (SSSR count). The van der Waals surface area contributed by atoms with Crippen molar-refractivity contribution in [2.75, 3.05) is 13.1 Å². The second-order valence-electron chi connectivity index (χ2n) is 7.41. The maximum Gasteiger partial charge on any atom is 0.314 e. The number of likely N-dealkylation sites (tertiary alicyclic amines) is 1. The third kappa shape index (κ3) is 3.16. The van der Waals surface area contributed by atoms with Crippen LogP contribution in [0, 0.1) is 11.3 Å². The first-order chi connectivity index (χ1) is 12.3. The molecule has 0 radical (unpaired) electrons. The second kappa shape index (κ2) is 7.03. The number of fused-ring (bicyclic) bond motifs is 1. The highest BCUT2D eigenvalue weighted by atomic mass is 16.4. The van der Waals surface area contributed by atoms with Gasteiger partial charge in [-0.3, -0.25) is 14.0 Å². The van der Waals surface area contributed by atoms with Crippen molar-refractivity contribution >= 4 is 17.5 Å². The molecule has 2 atom stereocenters. The van der Waals surface area contributed by atoms with Crippen molar-refractivity contribution in [3.63, 3.8) is 0 Å². The summed E-state index contributed by atoms with van der Waals surface area (Å²) in [5, 5.41) is 28.1. The van der Waals surface area contributed by atoms with Gasteiger partial charge in [-0.15, -0.1) is 10.2 Å². The Kier molecular flexibility index (Phi) is 4.95. The molecular formula is C18H24N4O4. The van der Waals surface area contributed by atoms with E-state index >= 15 is 0 Å². The van der Waals surface area contributed by atoms with Crippen molar-refractivity contribution in [1.29, 1.82) is 0 Å². The molecule has 26 heavy (non-hydrogen) atoms. The molecule has 2 aromatic heterocycles. The average Bonchev–Trinajstić information content (AvgIpc) is 3.09. The predicted molar refractivity (Wildman–Crippen MR) is 93.7 cm³/mol. The zero-order chi connectivity index (χ0) is 18.9. The highest BCUT2D eigenvalue weighted by Gasteiger charge is 2.50. The summed E-state index contributed by atoms with van der Waals surface area (Å²) < 4.78 is 1.65. The summed E-state index contributed by atoms with van der Waals surface area (Å²) in [6, 6.07) is 3.39. The number of aliphatic hydroxyl groups is 1. The highest BCUT2D eigenvalue weighted by molar-refractivity contribution is 6.00. The van der Waals surface area contributed by atoms with E-state index in [-0.39, 0.29) is 18.9 Å². The van der Waals surface area contributed by atoms with E-state index in [1.807, 2.05) is 13.8 Å². The van der Waals surface area contributed by atoms with Crippen molar-refractivity contribution in [2.24, 2.45) is 11.3 Å². The molecule has 1 fully saturated rings. The molecule has 0 aromatic carbocycles. The number of carboxylic acid groups (broad SMARTS) is 1. The standard InChI is InChI=1S/C18H24N4O4/c1-12(2)5-7-18(17(25)26)10-21(9-6-14(18)23)16(24)13-4-3-8-22-11-19-20-15(13)22/h3-4,8,11-12,14,23H,5-7,9-10H2,1-2H3,(H,25,26)/t14-,18-/m1/s1. The van der Waals surface area contributed by atoms with Crippen LogP contribution in [0.2, 0.25) is 0 Å². The minimum atomic E-state index is -1.34. The van der Waals surface area contributed by atoms with Gasteiger partial charge in [0.2, 0.25) is 0 Å². The van der Waals surface area contributed by atoms with Gasteiger partial charge < -0.3 is 15.1 Å². The van der Waals surface area contributed by atoms with Crippen LogP contribution >= 0.6 is 0 Å². The van der Waals surface area contributed by atoms with Gasteiger partial charge in [0.25, 0.3) is 5.91 Å². The summed E-state index contributed by atoms with van der Waals surface area (Å²) in [6.07, 6.45) is 3.54. The normalized spacial score (nSPS) is 23.5. The number of carbonyl (C=O) groups is 2. The molecule has 1 amide bonds. The lowest BCUT2D eigenvalue weighted by molar-refractivity contribution is -0.163. The number of rotatable bonds is 5. The van der Waals surface area contributed by atoms with Gasteiger partial charge in [0.1, 0.15) is 11.7 Å². The third-order valence-electron chi connectivity index (χ3n) is 5.22. The van der Waals surface area contributed by atoms with Crippen molar-refractivity contribution < 1.29 is 19.8 Å². The molecular weight excluding hydrogens is 336 g/mol. The predicted octanol–water partition coefficient (Wildman–Crippen LogP) is 1.44. The van der Waals surface area contributed by atoms with Crippen LogP contribution in [0.1, 0.15) is 43.5 Å². The average molecular weight is 360 g/mol. The fraction of sp³-hybridized carbons (Fsp3) is 0.556. The minimum Gasteiger partial charge on any atom is -0.481 e. The highest BCUT2D eigenvalue weighted by Crippen LogP contribution is 2.37. The number of aliphatic carboxylic acids is 1. The van der Waals surface area contributed by atoms with Crippen molar-refractivity contribution in [1.82, 2.24) is 19.5 Å². The molecule has 1 aliphatic rings. The number of aromatic nitrogens is 3. The number of hydrogen-bond donors (Lipinski definition) is 2. The van der Waals surface area contributed by atoms with Crippen LogP contribution in [0.3, 0.4) is 0 Å². The Morgan fingerprint density at radius 2 is 2.19 bits per heavy atom. The molecule has 1 aliphatic heterocycles. The number of hydrogen-bond acceptors (Lipinski definition) is 5. The van der Waals surface area contributed by atoms with Crippen LogP contribution < -0.4 is 0 Å². The lowest BCUT2D eigenvalue weighted by Crippen LogP contribution is -2.57. The molecule has 0 aliphatic carbocycles. The van der Waals surface area contributed by atoms with Gasteiger partial charge in [-0.05, 0) is 37.3 Å². The summed E-state index contributed by atoms with van der Waals surface area (Å²) in [4.78, 5) is 26.6. The number of carboxylic acids is 1. The van der Waals surface area contributed by atoms with E-state index in [0.29, 0.717) is 36.5 Å². The Morgan fingerprint density at radius 3 is 2.88 bits per heavy atom. The summed E-state index contributed by atoms with van der Waals surface area (Å²) >= 11 is 0.